The number of nitriles is 1. The Morgan fingerprint density at radius 1 is 1.50 bits per heavy atom. The summed E-state index contributed by atoms with van der Waals surface area (Å²) in [6, 6.07) is 8.81. The highest BCUT2D eigenvalue weighted by atomic mass is 16.5. The van der Waals surface area contributed by atoms with Crippen molar-refractivity contribution in [1.82, 2.24) is 0 Å². The van der Waals surface area contributed by atoms with Crippen molar-refractivity contribution in [3.63, 3.8) is 0 Å². The molecule has 0 amide bonds. The van der Waals surface area contributed by atoms with Crippen molar-refractivity contribution in [3.8, 4) is 6.07 Å². The lowest BCUT2D eigenvalue weighted by Crippen LogP contribution is -2.07. The average molecular weight is 219 g/mol. The zero-order valence-corrected chi connectivity index (χ0v) is 9.01. The van der Waals surface area contributed by atoms with E-state index >= 15 is 0 Å². The predicted octanol–water partition coefficient (Wildman–Crippen LogP) is 1.15. The van der Waals surface area contributed by atoms with Crippen LogP contribution >= 0.6 is 0 Å². The van der Waals surface area contributed by atoms with E-state index in [-0.39, 0.29) is 12.6 Å². The van der Waals surface area contributed by atoms with Gasteiger partial charge in [-0.15, -0.1) is 0 Å². The van der Waals surface area contributed by atoms with Gasteiger partial charge in [-0.25, -0.2) is 4.79 Å². The molecule has 1 atom stereocenters. The number of nitrogens with zero attached hydrogens (tertiary/aromatic N) is 1. The van der Waals surface area contributed by atoms with Crippen LogP contribution in [-0.4, -0.2) is 24.8 Å². The first-order chi connectivity index (χ1) is 7.71. The van der Waals surface area contributed by atoms with Gasteiger partial charge in [0.1, 0.15) is 0 Å². The number of ether oxygens (including phenoxy) is 1. The molecule has 4 nitrogen and oxygen atoms in total. The van der Waals surface area contributed by atoms with Crippen LogP contribution in [0.2, 0.25) is 0 Å². The van der Waals surface area contributed by atoms with Crippen LogP contribution in [-0.2, 0) is 11.2 Å². The maximum atomic E-state index is 11.1. The summed E-state index contributed by atoms with van der Waals surface area (Å²) < 4.78 is 4.57. The molecule has 84 valence electrons. The van der Waals surface area contributed by atoms with Gasteiger partial charge in [0.15, 0.2) is 0 Å². The van der Waals surface area contributed by atoms with E-state index in [1.165, 1.54) is 7.11 Å². The number of benzene rings is 1. The molecule has 1 aromatic rings. The molecule has 4 heteroatoms. The third-order valence-corrected chi connectivity index (χ3v) is 2.26. The Hall–Kier alpha value is -1.86. The average Bonchev–Trinajstić information content (AvgIpc) is 2.35. The lowest BCUT2D eigenvalue weighted by molar-refractivity contribution is 0.0600. The monoisotopic (exact) mass is 219 g/mol. The lowest BCUT2D eigenvalue weighted by atomic mass is 10.0. The number of esters is 1. The largest absolute Gasteiger partial charge is 0.465 e. The second kappa shape index (κ2) is 5.89. The van der Waals surface area contributed by atoms with Gasteiger partial charge in [0.25, 0.3) is 0 Å². The van der Waals surface area contributed by atoms with E-state index in [0.29, 0.717) is 12.0 Å². The van der Waals surface area contributed by atoms with Gasteiger partial charge in [0.05, 0.1) is 31.3 Å². The summed E-state index contributed by atoms with van der Waals surface area (Å²) in [5, 5.41) is 17.6. The molecule has 0 radical (unpaired) electrons. The Balaban J connectivity index is 2.72. The fraction of sp³-hybridized carbons (Fsp3) is 0.333. The minimum atomic E-state index is -0.399. The molecule has 0 bridgehead atoms. The molecular weight excluding hydrogens is 206 g/mol. The Morgan fingerprint density at radius 2 is 2.12 bits per heavy atom. The fourth-order valence-electron chi connectivity index (χ4n) is 1.33. The molecule has 1 aromatic carbocycles. The Kier molecular flexibility index (Phi) is 4.49. The van der Waals surface area contributed by atoms with Crippen LogP contribution in [0.5, 0.6) is 0 Å². The molecule has 16 heavy (non-hydrogen) atoms. The normalized spacial score (nSPS) is 11.6. The quantitative estimate of drug-likeness (QED) is 0.771. The Morgan fingerprint density at radius 3 is 2.56 bits per heavy atom. The van der Waals surface area contributed by atoms with Gasteiger partial charge in [-0.3, -0.25) is 0 Å². The van der Waals surface area contributed by atoms with Crippen molar-refractivity contribution in [1.29, 1.82) is 5.26 Å². The van der Waals surface area contributed by atoms with E-state index in [9.17, 15) is 4.79 Å². The van der Waals surface area contributed by atoms with Gasteiger partial charge in [0.2, 0.25) is 0 Å². The summed E-state index contributed by atoms with van der Waals surface area (Å²) in [5.41, 5.74) is 1.39. The van der Waals surface area contributed by atoms with Crippen LogP contribution in [0.3, 0.4) is 0 Å². The van der Waals surface area contributed by atoms with Crippen LogP contribution in [0.1, 0.15) is 15.9 Å². The van der Waals surface area contributed by atoms with Crippen LogP contribution < -0.4 is 0 Å². The van der Waals surface area contributed by atoms with Crippen molar-refractivity contribution in [2.75, 3.05) is 13.7 Å². The van der Waals surface area contributed by atoms with Crippen LogP contribution in [0, 0.1) is 17.2 Å². The predicted molar refractivity (Wildman–Crippen MR) is 57.7 cm³/mol. The number of hydrogen-bond acceptors (Lipinski definition) is 4. The molecule has 0 saturated heterocycles. The third-order valence-electron chi connectivity index (χ3n) is 2.26. The maximum Gasteiger partial charge on any atom is 0.337 e. The SMILES string of the molecule is COC(=O)c1ccc(CC(C#N)CO)cc1. The molecule has 0 heterocycles. The van der Waals surface area contributed by atoms with E-state index in [4.69, 9.17) is 10.4 Å². The molecule has 1 rings (SSSR count). The molecular formula is C12H13NO3. The number of carbonyl (C=O) groups is 1. The first kappa shape index (κ1) is 12.2. The van der Waals surface area contributed by atoms with Gasteiger partial charge in [0, 0.05) is 0 Å². The van der Waals surface area contributed by atoms with E-state index in [1.807, 2.05) is 6.07 Å². The highest BCUT2D eigenvalue weighted by Gasteiger charge is 2.08. The summed E-state index contributed by atoms with van der Waals surface area (Å²) in [6.07, 6.45) is 0.481. The number of hydrogen-bond donors (Lipinski definition) is 1. The van der Waals surface area contributed by atoms with Crippen molar-refractivity contribution < 1.29 is 14.6 Å². The lowest BCUT2D eigenvalue weighted by Gasteiger charge is -2.06. The van der Waals surface area contributed by atoms with Gasteiger partial charge >= 0.3 is 5.97 Å². The fourth-order valence-corrected chi connectivity index (χ4v) is 1.33. The topological polar surface area (TPSA) is 70.3 Å². The number of aliphatic hydroxyl groups excluding tert-OH is 1. The van der Waals surface area contributed by atoms with E-state index in [2.05, 4.69) is 4.74 Å². The Bertz CT molecular complexity index is 392. The molecule has 0 fully saturated rings. The van der Waals surface area contributed by atoms with Crippen molar-refractivity contribution in [2.24, 2.45) is 5.92 Å². The zero-order valence-electron chi connectivity index (χ0n) is 9.01. The number of methoxy groups -OCH3 is 1. The summed E-state index contributed by atoms with van der Waals surface area (Å²) in [6.45, 7) is -0.157. The molecule has 0 aliphatic rings. The molecule has 0 saturated carbocycles. The van der Waals surface area contributed by atoms with Gasteiger partial charge in [-0.2, -0.15) is 5.26 Å². The summed E-state index contributed by atoms with van der Waals surface area (Å²) in [7, 11) is 1.33. The third kappa shape index (κ3) is 3.07. The molecule has 0 aliphatic heterocycles. The van der Waals surface area contributed by atoms with Crippen LogP contribution in [0.15, 0.2) is 24.3 Å². The second-order valence-electron chi connectivity index (χ2n) is 3.40. The molecule has 0 aliphatic carbocycles. The molecule has 0 aromatic heterocycles. The molecule has 1 unspecified atom stereocenters. The minimum Gasteiger partial charge on any atom is -0.465 e. The highest BCUT2D eigenvalue weighted by molar-refractivity contribution is 5.89. The summed E-state index contributed by atoms with van der Waals surface area (Å²) in [5.74, 6) is -0.783. The number of aliphatic hydroxyl groups is 1. The first-order valence-electron chi connectivity index (χ1n) is 4.89. The van der Waals surface area contributed by atoms with Gasteiger partial charge in [-0.1, -0.05) is 12.1 Å². The summed E-state index contributed by atoms with van der Waals surface area (Å²) in [4.78, 5) is 11.1. The minimum absolute atomic E-state index is 0.157. The van der Waals surface area contributed by atoms with E-state index < -0.39 is 5.92 Å². The van der Waals surface area contributed by atoms with Crippen molar-refractivity contribution in [3.05, 3.63) is 35.4 Å². The van der Waals surface area contributed by atoms with Crippen LogP contribution in [0.4, 0.5) is 0 Å². The van der Waals surface area contributed by atoms with Gasteiger partial charge < -0.3 is 9.84 Å². The highest BCUT2D eigenvalue weighted by Crippen LogP contribution is 2.10. The first-order valence-corrected chi connectivity index (χ1v) is 4.89. The van der Waals surface area contributed by atoms with Gasteiger partial charge in [-0.05, 0) is 24.1 Å². The van der Waals surface area contributed by atoms with E-state index in [1.54, 1.807) is 24.3 Å². The smallest absolute Gasteiger partial charge is 0.337 e. The number of rotatable bonds is 4. The molecule has 1 N–H and O–H groups in total. The number of carbonyl (C=O) groups excluding carboxylic acids is 1. The summed E-state index contributed by atoms with van der Waals surface area (Å²) >= 11 is 0. The standard InChI is InChI=1S/C12H13NO3/c1-16-12(15)11-4-2-9(3-5-11)6-10(7-13)8-14/h2-5,10,14H,6,8H2,1H3. The van der Waals surface area contributed by atoms with Crippen molar-refractivity contribution in [2.45, 2.75) is 6.42 Å². The Labute approximate surface area is 94.1 Å². The zero-order chi connectivity index (χ0) is 12.0. The molecule has 0 spiro atoms. The van der Waals surface area contributed by atoms with E-state index in [0.717, 1.165) is 5.56 Å². The second-order valence-corrected chi connectivity index (χ2v) is 3.40. The maximum absolute atomic E-state index is 11.1. The van der Waals surface area contributed by atoms with Crippen molar-refractivity contribution >= 4 is 5.97 Å². The van der Waals surface area contributed by atoms with Crippen LogP contribution in [0.25, 0.3) is 0 Å².